The van der Waals surface area contributed by atoms with E-state index in [2.05, 4.69) is 81.6 Å². The summed E-state index contributed by atoms with van der Waals surface area (Å²) in [5.41, 5.74) is 0. The van der Waals surface area contributed by atoms with Gasteiger partial charge in [0.1, 0.15) is 24.9 Å². The number of carbonyl (C=O) groups excluding carboxylic acids is 2. The quantitative estimate of drug-likeness (QED) is 0.0352. The van der Waals surface area contributed by atoms with E-state index in [1.807, 2.05) is 11.9 Å². The van der Waals surface area contributed by atoms with Crippen molar-refractivity contribution in [1.82, 2.24) is 10.2 Å². The molecule has 0 aromatic carbocycles. The van der Waals surface area contributed by atoms with Crippen molar-refractivity contribution in [2.24, 2.45) is 0 Å². The van der Waals surface area contributed by atoms with Gasteiger partial charge in [0.15, 0.2) is 0 Å². The third kappa shape index (κ3) is 64.9. The van der Waals surface area contributed by atoms with Crippen LogP contribution in [0.1, 0.15) is 368 Å². The Morgan fingerprint density at radius 2 is 0.759 bits per heavy atom. The summed E-state index contributed by atoms with van der Waals surface area (Å²) in [4.78, 5) is 29.1. The Morgan fingerprint density at radius 3 is 1.18 bits per heavy atom. The predicted molar refractivity (Wildman–Crippen MR) is 377 cm³/mol. The average Bonchev–Trinajstić information content (AvgIpc) is 3.54. The van der Waals surface area contributed by atoms with Gasteiger partial charge in [-0.2, -0.15) is 0 Å². The molecule has 512 valence electrons. The highest BCUT2D eigenvalue weighted by Crippen LogP contribution is 2.21. The van der Waals surface area contributed by atoms with E-state index in [9.17, 15) is 14.7 Å². The SMILES string of the molecule is CCCCC/C=C/C/C=C/CCCCCCCCC(CCCCCCCC/C=C/C/C=C/CCCCC)OC(=O)C(CCCCNC(=O)OCC(COCCCCCCCCCCCCCC)OCCCCCCCCCCCCCC)N(C)CCO. The van der Waals surface area contributed by atoms with Crippen molar-refractivity contribution >= 4 is 12.1 Å². The molecule has 2 atom stereocenters. The second-order valence-corrected chi connectivity index (χ2v) is 25.9. The van der Waals surface area contributed by atoms with Gasteiger partial charge in [-0.3, -0.25) is 9.69 Å². The zero-order valence-corrected chi connectivity index (χ0v) is 58.6. The van der Waals surface area contributed by atoms with Gasteiger partial charge in [-0.1, -0.05) is 295 Å². The van der Waals surface area contributed by atoms with Crippen molar-refractivity contribution in [2.75, 3.05) is 53.2 Å². The van der Waals surface area contributed by atoms with Crippen LogP contribution in [0.25, 0.3) is 0 Å². The number of nitrogens with one attached hydrogen (secondary N) is 1. The molecular formula is C78H148N2O7. The summed E-state index contributed by atoms with van der Waals surface area (Å²) < 4.78 is 24.6. The number of allylic oxidation sites excluding steroid dienone is 8. The van der Waals surface area contributed by atoms with E-state index in [0.717, 1.165) is 77.0 Å². The fourth-order valence-corrected chi connectivity index (χ4v) is 11.5. The van der Waals surface area contributed by atoms with Gasteiger partial charge in [0.2, 0.25) is 0 Å². The van der Waals surface area contributed by atoms with E-state index in [1.165, 1.54) is 250 Å². The number of aliphatic hydroxyl groups excluding tert-OH is 1. The molecule has 0 aliphatic rings. The highest BCUT2D eigenvalue weighted by Gasteiger charge is 2.27. The van der Waals surface area contributed by atoms with Crippen molar-refractivity contribution < 1.29 is 33.6 Å². The number of esters is 1. The van der Waals surface area contributed by atoms with Crippen LogP contribution in [-0.2, 0) is 23.7 Å². The molecule has 0 rings (SSSR count). The number of rotatable bonds is 71. The van der Waals surface area contributed by atoms with Crippen LogP contribution >= 0.6 is 0 Å². The van der Waals surface area contributed by atoms with E-state index >= 15 is 0 Å². The Balaban J connectivity index is 5.15. The van der Waals surface area contributed by atoms with E-state index in [0.29, 0.717) is 45.8 Å². The van der Waals surface area contributed by atoms with Crippen LogP contribution in [0.15, 0.2) is 48.6 Å². The molecule has 2 N–H and O–H groups in total. The lowest BCUT2D eigenvalue weighted by Gasteiger charge is -2.28. The zero-order chi connectivity index (χ0) is 63.1. The van der Waals surface area contributed by atoms with Crippen LogP contribution in [-0.4, -0.2) is 93.5 Å². The normalized spacial score (nSPS) is 12.8. The molecule has 0 aromatic rings. The maximum Gasteiger partial charge on any atom is 0.407 e. The van der Waals surface area contributed by atoms with Crippen LogP contribution < -0.4 is 5.32 Å². The molecule has 9 heteroatoms. The Bertz CT molecular complexity index is 1450. The number of likely N-dealkylation sites (N-methyl/N-ethyl adjacent to an activating group) is 1. The standard InChI is InChI=1S/C78H148N2O7/c1-6-10-14-18-22-26-30-34-36-38-40-42-46-50-54-58-64-74(65-59-55-51-47-43-41-39-37-35-31-27-23-19-15-11-7-2)87-77(82)76(80(5)68-69-81)66-60-61-67-79-78(83)86-73-75(85-71-63-57-53-49-45-33-29-25-21-17-13-9-4)72-84-70-62-56-52-48-44-32-28-24-20-16-12-8-3/h22-23,26-27,34-37,74-76,81H,6-21,24-25,28-33,38-73H2,1-5H3,(H,79,83)/b26-22+,27-23+,36-34+,37-35+. The third-order valence-corrected chi connectivity index (χ3v) is 17.4. The summed E-state index contributed by atoms with van der Waals surface area (Å²) in [5.74, 6) is -0.182. The second kappa shape index (κ2) is 72.6. The van der Waals surface area contributed by atoms with E-state index in [-0.39, 0.29) is 31.4 Å². The zero-order valence-electron chi connectivity index (χ0n) is 58.6. The van der Waals surface area contributed by atoms with Crippen LogP contribution in [0.2, 0.25) is 0 Å². The molecule has 0 radical (unpaired) electrons. The summed E-state index contributed by atoms with van der Waals surface area (Å²) in [6, 6.07) is -0.448. The first-order valence-electron chi connectivity index (χ1n) is 38.1. The molecule has 0 saturated heterocycles. The number of hydrogen-bond donors (Lipinski definition) is 2. The molecule has 2 unspecified atom stereocenters. The van der Waals surface area contributed by atoms with Crippen LogP contribution in [0.5, 0.6) is 0 Å². The average molecular weight is 1230 g/mol. The fourth-order valence-electron chi connectivity index (χ4n) is 11.5. The Kier molecular flexibility index (Phi) is 70.5. The maximum absolute atomic E-state index is 14.1. The summed E-state index contributed by atoms with van der Waals surface area (Å²) in [5, 5.41) is 12.9. The van der Waals surface area contributed by atoms with Gasteiger partial charge >= 0.3 is 12.1 Å². The number of amides is 1. The highest BCUT2D eigenvalue weighted by atomic mass is 16.6. The number of ether oxygens (including phenoxy) is 4. The first-order valence-corrected chi connectivity index (χ1v) is 38.1. The van der Waals surface area contributed by atoms with Crippen molar-refractivity contribution in [2.45, 2.75) is 386 Å². The first-order chi connectivity index (χ1) is 42.9. The largest absolute Gasteiger partial charge is 0.461 e. The summed E-state index contributed by atoms with van der Waals surface area (Å²) in [7, 11) is 1.91. The van der Waals surface area contributed by atoms with Crippen molar-refractivity contribution in [1.29, 1.82) is 0 Å². The van der Waals surface area contributed by atoms with Gasteiger partial charge in [-0.15, -0.1) is 0 Å². The monoisotopic (exact) mass is 1230 g/mol. The van der Waals surface area contributed by atoms with Gasteiger partial charge in [0, 0.05) is 26.3 Å². The number of hydrogen-bond acceptors (Lipinski definition) is 8. The smallest absolute Gasteiger partial charge is 0.407 e. The lowest BCUT2D eigenvalue weighted by atomic mass is 10.0. The van der Waals surface area contributed by atoms with Gasteiger partial charge in [0.05, 0.1) is 13.2 Å². The Hall–Kier alpha value is -2.46. The van der Waals surface area contributed by atoms with Gasteiger partial charge in [-0.25, -0.2) is 4.79 Å². The molecule has 0 saturated carbocycles. The fraction of sp³-hybridized carbons (Fsp3) is 0.872. The Morgan fingerprint density at radius 1 is 0.402 bits per heavy atom. The molecule has 0 spiro atoms. The lowest BCUT2D eigenvalue weighted by Crippen LogP contribution is -2.42. The molecule has 0 bridgehead atoms. The second-order valence-electron chi connectivity index (χ2n) is 25.9. The number of alkyl carbamates (subject to hydrolysis) is 1. The van der Waals surface area contributed by atoms with Gasteiger partial charge in [-0.05, 0) is 129 Å². The van der Waals surface area contributed by atoms with Crippen LogP contribution in [0.3, 0.4) is 0 Å². The highest BCUT2D eigenvalue weighted by molar-refractivity contribution is 5.76. The maximum atomic E-state index is 14.1. The molecular weight excluding hydrogens is 1080 g/mol. The minimum absolute atomic E-state index is 0.0226. The van der Waals surface area contributed by atoms with Crippen molar-refractivity contribution in [3.05, 3.63) is 48.6 Å². The number of aliphatic hydroxyl groups is 1. The number of carbonyl (C=O) groups is 2. The minimum atomic E-state index is -0.448. The lowest BCUT2D eigenvalue weighted by molar-refractivity contribution is -0.156. The third-order valence-electron chi connectivity index (χ3n) is 17.4. The number of nitrogens with zero attached hydrogens (tertiary/aromatic N) is 1. The minimum Gasteiger partial charge on any atom is -0.461 e. The molecule has 87 heavy (non-hydrogen) atoms. The van der Waals surface area contributed by atoms with E-state index in [1.54, 1.807) is 0 Å². The number of unbranched alkanes of at least 4 members (excludes halogenated alkanes) is 41. The summed E-state index contributed by atoms with van der Waals surface area (Å²) in [6.45, 7) is 11.9. The van der Waals surface area contributed by atoms with Crippen molar-refractivity contribution in [3.63, 3.8) is 0 Å². The molecule has 9 nitrogen and oxygen atoms in total. The molecule has 0 fully saturated rings. The summed E-state index contributed by atoms with van der Waals surface area (Å²) in [6.07, 6.45) is 82.2. The molecule has 0 heterocycles. The van der Waals surface area contributed by atoms with Crippen LogP contribution in [0.4, 0.5) is 4.79 Å². The predicted octanol–water partition coefficient (Wildman–Crippen LogP) is 23.3. The first kappa shape index (κ1) is 84.5. The van der Waals surface area contributed by atoms with E-state index < -0.39 is 12.1 Å². The molecule has 0 aliphatic carbocycles. The van der Waals surface area contributed by atoms with Crippen molar-refractivity contribution in [3.8, 4) is 0 Å². The Labute approximate surface area is 541 Å². The van der Waals surface area contributed by atoms with Crippen LogP contribution in [0, 0.1) is 0 Å². The summed E-state index contributed by atoms with van der Waals surface area (Å²) >= 11 is 0. The van der Waals surface area contributed by atoms with Gasteiger partial charge < -0.3 is 29.4 Å². The topological polar surface area (TPSA) is 107 Å². The molecule has 1 amide bonds. The van der Waals surface area contributed by atoms with Gasteiger partial charge in [0.25, 0.3) is 0 Å². The van der Waals surface area contributed by atoms with E-state index in [4.69, 9.17) is 18.9 Å². The molecule has 0 aliphatic heterocycles. The molecule has 0 aromatic heterocycles.